The molecule has 2 aromatic carbocycles. The van der Waals surface area contributed by atoms with E-state index in [0.717, 1.165) is 16.7 Å². The number of sulfonamides is 1. The summed E-state index contributed by atoms with van der Waals surface area (Å²) in [7, 11) is -3.63. The summed E-state index contributed by atoms with van der Waals surface area (Å²) < 4.78 is 31.8. The molecule has 25 heavy (non-hydrogen) atoms. The Morgan fingerprint density at radius 2 is 1.72 bits per heavy atom. The van der Waals surface area contributed by atoms with Crippen molar-refractivity contribution in [1.82, 2.24) is 9.88 Å². The zero-order chi connectivity index (χ0) is 17.9. The molecule has 0 radical (unpaired) electrons. The first-order valence-corrected chi connectivity index (χ1v) is 9.24. The molecule has 0 aliphatic heterocycles. The number of nitrogens with zero attached hydrogens (tertiary/aromatic N) is 1. The van der Waals surface area contributed by atoms with E-state index in [0.29, 0.717) is 11.5 Å². The molecule has 3 rings (SSSR count). The highest BCUT2D eigenvalue weighted by molar-refractivity contribution is 7.89. The summed E-state index contributed by atoms with van der Waals surface area (Å²) in [5, 5.41) is 12.9. The molecule has 0 aliphatic carbocycles. The van der Waals surface area contributed by atoms with Gasteiger partial charge in [-0.25, -0.2) is 13.1 Å². The number of aromatic nitrogens is 1. The third-order valence-corrected chi connectivity index (χ3v) is 5.24. The Bertz CT molecular complexity index is 949. The molecule has 0 atom stereocenters. The van der Waals surface area contributed by atoms with Crippen LogP contribution in [-0.4, -0.2) is 31.8 Å². The zero-order valence-corrected chi connectivity index (χ0v) is 14.5. The lowest BCUT2D eigenvalue weighted by Crippen LogP contribution is -2.26. The van der Waals surface area contributed by atoms with Crippen LogP contribution in [0.25, 0.3) is 22.4 Å². The summed E-state index contributed by atoms with van der Waals surface area (Å²) in [5.41, 5.74) is 3.29. The van der Waals surface area contributed by atoms with Crippen LogP contribution in [0.1, 0.15) is 5.76 Å². The minimum Gasteiger partial charge on any atom is -0.395 e. The molecule has 0 amide bonds. The molecule has 0 fully saturated rings. The molecular weight excluding hydrogens is 340 g/mol. The highest BCUT2D eigenvalue weighted by Gasteiger charge is 2.18. The first kappa shape index (κ1) is 17.3. The smallest absolute Gasteiger partial charge is 0.240 e. The Morgan fingerprint density at radius 3 is 2.36 bits per heavy atom. The predicted octanol–water partition coefficient (Wildman–Crippen LogP) is 2.59. The highest BCUT2D eigenvalue weighted by atomic mass is 32.2. The van der Waals surface area contributed by atoms with Crippen molar-refractivity contribution in [1.29, 1.82) is 0 Å². The lowest BCUT2D eigenvalue weighted by molar-refractivity contribution is 0.301. The predicted molar refractivity (Wildman–Crippen MR) is 94.4 cm³/mol. The number of hydrogen-bond acceptors (Lipinski definition) is 5. The van der Waals surface area contributed by atoms with Gasteiger partial charge in [-0.1, -0.05) is 47.6 Å². The third kappa shape index (κ3) is 3.63. The van der Waals surface area contributed by atoms with Crippen LogP contribution in [0.15, 0.2) is 64.0 Å². The van der Waals surface area contributed by atoms with E-state index in [9.17, 15) is 8.42 Å². The van der Waals surface area contributed by atoms with Crippen LogP contribution in [0.2, 0.25) is 0 Å². The monoisotopic (exact) mass is 358 g/mol. The first-order valence-electron chi connectivity index (χ1n) is 7.75. The average Bonchev–Trinajstić information content (AvgIpc) is 3.02. The van der Waals surface area contributed by atoms with Gasteiger partial charge in [0.25, 0.3) is 0 Å². The van der Waals surface area contributed by atoms with Crippen LogP contribution in [0.3, 0.4) is 0 Å². The molecule has 1 aromatic heterocycles. The summed E-state index contributed by atoms with van der Waals surface area (Å²) in [6.07, 6.45) is 0. The van der Waals surface area contributed by atoms with E-state index >= 15 is 0 Å². The van der Waals surface area contributed by atoms with Crippen molar-refractivity contribution in [2.75, 3.05) is 13.2 Å². The van der Waals surface area contributed by atoms with Crippen LogP contribution < -0.4 is 4.72 Å². The summed E-state index contributed by atoms with van der Waals surface area (Å²) in [6, 6.07) is 16.1. The van der Waals surface area contributed by atoms with Crippen molar-refractivity contribution < 1.29 is 18.0 Å². The van der Waals surface area contributed by atoms with E-state index < -0.39 is 10.0 Å². The lowest BCUT2D eigenvalue weighted by Gasteiger charge is -2.07. The van der Waals surface area contributed by atoms with Gasteiger partial charge in [-0.3, -0.25) is 0 Å². The molecule has 0 saturated heterocycles. The van der Waals surface area contributed by atoms with Crippen molar-refractivity contribution in [2.45, 2.75) is 11.8 Å². The molecule has 0 unspecified atom stereocenters. The number of nitrogens with one attached hydrogen (secondary N) is 1. The molecule has 6 nitrogen and oxygen atoms in total. The maximum absolute atomic E-state index is 12.1. The SMILES string of the molecule is Cc1onc(-c2ccccc2)c1-c1ccc(S(=O)(=O)NCCO)cc1. The standard InChI is InChI=1S/C18H18N2O4S/c1-13-17(18(20-24-13)15-5-3-2-4-6-15)14-7-9-16(10-8-14)25(22,23)19-11-12-21/h2-10,19,21H,11-12H2,1H3. The van der Waals surface area contributed by atoms with Gasteiger partial charge in [-0.15, -0.1) is 0 Å². The molecular formula is C18H18N2O4S. The fourth-order valence-electron chi connectivity index (χ4n) is 2.57. The van der Waals surface area contributed by atoms with E-state index in [1.54, 1.807) is 12.1 Å². The molecule has 0 saturated carbocycles. The van der Waals surface area contributed by atoms with Gasteiger partial charge in [0, 0.05) is 12.1 Å². The largest absolute Gasteiger partial charge is 0.395 e. The Balaban J connectivity index is 1.98. The number of hydrogen-bond donors (Lipinski definition) is 2. The van der Waals surface area contributed by atoms with Gasteiger partial charge in [0.2, 0.25) is 10.0 Å². The highest BCUT2D eigenvalue weighted by Crippen LogP contribution is 2.34. The second kappa shape index (κ2) is 7.18. The molecule has 0 bridgehead atoms. The average molecular weight is 358 g/mol. The van der Waals surface area contributed by atoms with Crippen LogP contribution >= 0.6 is 0 Å². The van der Waals surface area contributed by atoms with Crippen molar-refractivity contribution in [3.8, 4) is 22.4 Å². The number of rotatable bonds is 6. The maximum Gasteiger partial charge on any atom is 0.240 e. The lowest BCUT2D eigenvalue weighted by atomic mass is 10.00. The van der Waals surface area contributed by atoms with Crippen molar-refractivity contribution in [3.05, 3.63) is 60.4 Å². The van der Waals surface area contributed by atoms with Gasteiger partial charge >= 0.3 is 0 Å². The zero-order valence-electron chi connectivity index (χ0n) is 13.6. The number of aliphatic hydroxyl groups excluding tert-OH is 1. The van der Waals surface area contributed by atoms with E-state index in [2.05, 4.69) is 9.88 Å². The van der Waals surface area contributed by atoms with Crippen LogP contribution in [0, 0.1) is 6.92 Å². The van der Waals surface area contributed by atoms with Crippen molar-refractivity contribution in [2.24, 2.45) is 0 Å². The van der Waals surface area contributed by atoms with Crippen molar-refractivity contribution >= 4 is 10.0 Å². The Morgan fingerprint density at radius 1 is 1.04 bits per heavy atom. The maximum atomic E-state index is 12.1. The fourth-order valence-corrected chi connectivity index (χ4v) is 3.59. The second-order valence-corrected chi connectivity index (χ2v) is 7.24. The van der Waals surface area contributed by atoms with E-state index in [1.807, 2.05) is 37.3 Å². The molecule has 3 aromatic rings. The van der Waals surface area contributed by atoms with E-state index in [-0.39, 0.29) is 18.0 Å². The van der Waals surface area contributed by atoms with Gasteiger partial charge < -0.3 is 9.63 Å². The fraction of sp³-hybridized carbons (Fsp3) is 0.167. The van der Waals surface area contributed by atoms with Gasteiger partial charge in [-0.05, 0) is 24.6 Å². The summed E-state index contributed by atoms with van der Waals surface area (Å²) in [6.45, 7) is 1.55. The third-order valence-electron chi connectivity index (χ3n) is 3.77. The first-order chi connectivity index (χ1) is 12.0. The van der Waals surface area contributed by atoms with Gasteiger partial charge in [0.15, 0.2) is 0 Å². The molecule has 0 aliphatic rings. The number of benzene rings is 2. The van der Waals surface area contributed by atoms with Crippen LogP contribution in [0.5, 0.6) is 0 Å². The summed E-state index contributed by atoms with van der Waals surface area (Å²) in [5.74, 6) is 0.660. The number of aliphatic hydroxyl groups is 1. The normalized spacial score (nSPS) is 11.6. The Labute approximate surface area is 146 Å². The topological polar surface area (TPSA) is 92.4 Å². The van der Waals surface area contributed by atoms with E-state index in [1.165, 1.54) is 12.1 Å². The molecule has 0 spiro atoms. The number of aryl methyl sites for hydroxylation is 1. The molecule has 2 N–H and O–H groups in total. The molecule has 130 valence electrons. The van der Waals surface area contributed by atoms with Gasteiger partial charge in [0.05, 0.1) is 17.1 Å². The van der Waals surface area contributed by atoms with E-state index in [4.69, 9.17) is 9.63 Å². The Hall–Kier alpha value is -2.48. The van der Waals surface area contributed by atoms with Crippen molar-refractivity contribution in [3.63, 3.8) is 0 Å². The Kier molecular flexibility index (Phi) is 4.98. The quantitative estimate of drug-likeness (QED) is 0.706. The summed E-state index contributed by atoms with van der Waals surface area (Å²) >= 11 is 0. The van der Waals surface area contributed by atoms with Crippen LogP contribution in [0.4, 0.5) is 0 Å². The molecule has 1 heterocycles. The second-order valence-electron chi connectivity index (χ2n) is 5.47. The molecule has 7 heteroatoms. The minimum absolute atomic E-state index is 0.0208. The van der Waals surface area contributed by atoms with Crippen LogP contribution in [-0.2, 0) is 10.0 Å². The minimum atomic E-state index is -3.63. The summed E-state index contributed by atoms with van der Waals surface area (Å²) in [4.78, 5) is 0.139. The van der Waals surface area contributed by atoms with Gasteiger partial charge in [0.1, 0.15) is 11.5 Å². The van der Waals surface area contributed by atoms with Gasteiger partial charge in [-0.2, -0.15) is 0 Å².